The van der Waals surface area contributed by atoms with Crippen LogP contribution in [0.1, 0.15) is 75.3 Å². The molecule has 186 valence electrons. The number of alkyl halides is 3. The number of unbranched alkanes of at least 4 members (excludes halogenated alkanes) is 2. The van der Waals surface area contributed by atoms with Crippen LogP contribution >= 0.6 is 11.8 Å². The van der Waals surface area contributed by atoms with Crippen LogP contribution in [-0.2, 0) is 25.7 Å². The Balaban J connectivity index is 1.64. The van der Waals surface area contributed by atoms with Crippen LogP contribution < -0.4 is 0 Å². The fourth-order valence-corrected chi connectivity index (χ4v) is 7.74. The van der Waals surface area contributed by atoms with E-state index in [1.54, 1.807) is 0 Å². The molecule has 0 bridgehead atoms. The lowest BCUT2D eigenvalue weighted by atomic mass is 9.77. The molecule has 1 aliphatic heterocycles. The largest absolute Gasteiger partial charge is 0.523 e. The first-order valence-corrected chi connectivity index (χ1v) is 14.5. The molecule has 0 aromatic heterocycles. The summed E-state index contributed by atoms with van der Waals surface area (Å²) in [7, 11) is -5.71. The van der Waals surface area contributed by atoms with Gasteiger partial charge in [-0.3, -0.25) is 4.18 Å². The number of thioether (sulfide) groups is 1. The van der Waals surface area contributed by atoms with Crippen molar-refractivity contribution in [1.82, 2.24) is 0 Å². The van der Waals surface area contributed by atoms with Crippen molar-refractivity contribution in [2.75, 3.05) is 11.5 Å². The lowest BCUT2D eigenvalue weighted by molar-refractivity contribution is -0.0560. The first-order valence-electron chi connectivity index (χ1n) is 11.1. The summed E-state index contributed by atoms with van der Waals surface area (Å²) in [5.41, 5.74) is -5.07. The second-order valence-corrected chi connectivity index (χ2v) is 12.5. The predicted octanol–water partition coefficient (Wildman–Crippen LogP) is 6.36. The Kier molecular flexibility index (Phi) is 9.19. The van der Waals surface area contributed by atoms with E-state index in [4.69, 9.17) is 0 Å². The fraction of sp³-hybridized carbons (Fsp3) is 0.682. The van der Waals surface area contributed by atoms with Gasteiger partial charge in [-0.05, 0) is 55.2 Å². The van der Waals surface area contributed by atoms with E-state index in [-0.39, 0.29) is 27.2 Å². The van der Waals surface area contributed by atoms with Gasteiger partial charge in [0.25, 0.3) is 4.20 Å². The molecule has 0 spiro atoms. The molecule has 1 atom stereocenters. The van der Waals surface area contributed by atoms with E-state index in [0.29, 0.717) is 11.5 Å². The molecule has 1 fully saturated rings. The van der Waals surface area contributed by atoms with Crippen molar-refractivity contribution in [3.63, 3.8) is 0 Å². The fourth-order valence-electron chi connectivity index (χ4n) is 4.35. The zero-order valence-corrected chi connectivity index (χ0v) is 20.7. The Bertz CT molecular complexity index is 932. The number of halogens is 5. The third kappa shape index (κ3) is 6.89. The average molecular weight is 532 g/mol. The molecular formula is C22H28F5O3S3+. The lowest BCUT2D eigenvalue weighted by Crippen LogP contribution is -2.35. The zero-order valence-electron chi connectivity index (χ0n) is 18.3. The minimum Gasteiger partial charge on any atom is -0.253 e. The molecule has 0 amide bonds. The highest BCUT2D eigenvalue weighted by Crippen LogP contribution is 2.39. The Morgan fingerprint density at radius 1 is 1.09 bits per heavy atom. The van der Waals surface area contributed by atoms with Gasteiger partial charge in [0, 0.05) is 5.75 Å². The maximum absolute atomic E-state index is 14.9. The molecule has 3 nitrogen and oxygen atoms in total. The van der Waals surface area contributed by atoms with Crippen molar-refractivity contribution >= 4 is 37.4 Å². The van der Waals surface area contributed by atoms with Gasteiger partial charge in [0.2, 0.25) is 5.75 Å². The highest BCUT2D eigenvalue weighted by Gasteiger charge is 2.49. The number of hydrogen-bond acceptors (Lipinski definition) is 4. The Hall–Kier alpha value is -0.780. The minimum absolute atomic E-state index is 0.118. The second kappa shape index (κ2) is 11.3. The standard InChI is InChI=1S/C22H28F5O3S3/c1-2-3-4-5-14-6-8-15(9-7-14)16-10-18(23)20(19(24)11-16)21-31-12-17(13-32-21)30-33(28,29)22(25,26)27/h10-11,14-15,17H,2-9,12-13H2,1H3/q+1. The van der Waals surface area contributed by atoms with Crippen LogP contribution in [0.25, 0.3) is 0 Å². The van der Waals surface area contributed by atoms with Gasteiger partial charge < -0.3 is 0 Å². The van der Waals surface area contributed by atoms with Gasteiger partial charge in [0.05, 0.1) is 0 Å². The van der Waals surface area contributed by atoms with Gasteiger partial charge in [-0.15, -0.1) is 0 Å². The van der Waals surface area contributed by atoms with Crippen molar-refractivity contribution in [2.24, 2.45) is 5.92 Å². The molecule has 0 radical (unpaired) electrons. The van der Waals surface area contributed by atoms with Crippen molar-refractivity contribution in [3.05, 3.63) is 34.9 Å². The SMILES string of the molecule is CCCCCC1CCC(c2cc(F)c(C3=[S+]CC(OS(=O)(=O)C(F)(F)F)CS3)c(F)c2)CC1. The van der Waals surface area contributed by atoms with E-state index >= 15 is 0 Å². The average Bonchev–Trinajstić information content (AvgIpc) is 2.74. The quantitative estimate of drug-likeness (QED) is 0.0978. The molecule has 0 N–H and O–H groups in total. The highest BCUT2D eigenvalue weighted by molar-refractivity contribution is 8.23. The molecule has 2 aliphatic rings. The van der Waals surface area contributed by atoms with Gasteiger partial charge in [-0.2, -0.15) is 21.6 Å². The van der Waals surface area contributed by atoms with Gasteiger partial charge in [0.15, 0.2) is 11.4 Å². The van der Waals surface area contributed by atoms with Crippen LogP contribution in [0.3, 0.4) is 0 Å². The van der Waals surface area contributed by atoms with E-state index in [9.17, 15) is 30.4 Å². The molecule has 0 saturated heterocycles. The molecule has 1 saturated carbocycles. The predicted molar refractivity (Wildman–Crippen MR) is 124 cm³/mol. The topological polar surface area (TPSA) is 43.4 Å². The van der Waals surface area contributed by atoms with E-state index < -0.39 is 33.4 Å². The lowest BCUT2D eigenvalue weighted by Gasteiger charge is -2.29. The van der Waals surface area contributed by atoms with Gasteiger partial charge >= 0.3 is 15.6 Å². The molecule has 1 heterocycles. The molecule has 11 heteroatoms. The van der Waals surface area contributed by atoms with Crippen LogP contribution in [0, 0.1) is 17.6 Å². The van der Waals surface area contributed by atoms with Crippen LogP contribution in [0.2, 0.25) is 0 Å². The number of rotatable bonds is 8. The molecule has 1 aromatic carbocycles. The summed E-state index contributed by atoms with van der Waals surface area (Å²) in [6.07, 6.45) is 7.57. The molecular weight excluding hydrogens is 503 g/mol. The summed E-state index contributed by atoms with van der Waals surface area (Å²) >= 11 is 1.80. The smallest absolute Gasteiger partial charge is 0.253 e. The maximum atomic E-state index is 14.9. The summed E-state index contributed by atoms with van der Waals surface area (Å²) in [5.74, 6) is -0.906. The number of hydrogen-bond donors (Lipinski definition) is 0. The molecule has 33 heavy (non-hydrogen) atoms. The molecule has 1 unspecified atom stereocenters. The summed E-state index contributed by atoms with van der Waals surface area (Å²) in [6.45, 7) is 2.18. The summed E-state index contributed by atoms with van der Waals surface area (Å²) < 4.78 is 94.1. The molecule has 3 rings (SSSR count). The normalized spacial score (nSPS) is 24.5. The number of benzene rings is 1. The van der Waals surface area contributed by atoms with E-state index in [2.05, 4.69) is 11.1 Å². The van der Waals surface area contributed by atoms with Crippen molar-refractivity contribution in [2.45, 2.75) is 75.8 Å². The first-order chi connectivity index (χ1) is 15.5. The van der Waals surface area contributed by atoms with Crippen molar-refractivity contribution in [1.29, 1.82) is 0 Å². The van der Waals surface area contributed by atoms with Crippen molar-refractivity contribution < 1.29 is 34.6 Å². The van der Waals surface area contributed by atoms with Gasteiger partial charge in [0.1, 0.15) is 23.3 Å². The Morgan fingerprint density at radius 2 is 1.73 bits per heavy atom. The maximum Gasteiger partial charge on any atom is 0.523 e. The second-order valence-electron chi connectivity index (χ2n) is 8.60. The van der Waals surface area contributed by atoms with E-state index in [1.165, 1.54) is 37.8 Å². The third-order valence-corrected chi connectivity index (χ3v) is 9.96. The van der Waals surface area contributed by atoms with E-state index in [1.807, 2.05) is 0 Å². The first kappa shape index (κ1) is 26.8. The third-order valence-electron chi connectivity index (χ3n) is 6.15. The van der Waals surface area contributed by atoms with Crippen LogP contribution in [0.4, 0.5) is 22.0 Å². The summed E-state index contributed by atoms with van der Waals surface area (Å²) in [4.78, 5) is 0. The van der Waals surface area contributed by atoms with Crippen molar-refractivity contribution in [3.8, 4) is 0 Å². The Morgan fingerprint density at radius 3 is 2.24 bits per heavy atom. The van der Waals surface area contributed by atoms with Crippen LogP contribution in [0.15, 0.2) is 12.1 Å². The molecule has 1 aliphatic carbocycles. The minimum atomic E-state index is -5.71. The van der Waals surface area contributed by atoms with Crippen LogP contribution in [0.5, 0.6) is 0 Å². The van der Waals surface area contributed by atoms with E-state index in [0.717, 1.165) is 48.8 Å². The summed E-state index contributed by atoms with van der Waals surface area (Å²) in [5, 5.41) is 0. The Labute approximate surface area is 199 Å². The highest BCUT2D eigenvalue weighted by atomic mass is 32.2. The monoisotopic (exact) mass is 531 g/mol. The molecule has 1 aromatic rings. The van der Waals surface area contributed by atoms with Gasteiger partial charge in [-0.25, -0.2) is 8.78 Å². The van der Waals surface area contributed by atoms with Crippen LogP contribution in [-0.4, -0.2) is 35.7 Å². The summed E-state index contributed by atoms with van der Waals surface area (Å²) in [6, 6.07) is 2.73. The zero-order chi connectivity index (χ0) is 24.2. The van der Waals surface area contributed by atoms with Gasteiger partial charge in [-0.1, -0.05) is 44.4 Å².